The fourth-order valence-corrected chi connectivity index (χ4v) is 1.68. The van der Waals surface area contributed by atoms with E-state index in [1.807, 2.05) is 0 Å². The monoisotopic (exact) mass is 236 g/mol. The highest BCUT2D eigenvalue weighted by Gasteiger charge is 2.17. The molecule has 0 spiro atoms. The molecule has 2 aromatic rings. The molecule has 0 radical (unpaired) electrons. The topological polar surface area (TPSA) is 98.7 Å². The number of tetrazole rings is 1. The first-order valence-corrected chi connectivity index (χ1v) is 5.00. The molecule has 0 amide bonds. The summed E-state index contributed by atoms with van der Waals surface area (Å²) in [6.45, 7) is 3.57. The number of rotatable bonds is 3. The van der Waals surface area contributed by atoms with Gasteiger partial charge in [0.2, 0.25) is 0 Å². The number of carboxylic acid groups (broad SMARTS) is 1. The minimum absolute atomic E-state index is 0.0526. The standard InChI is InChI=1S/C9H12N6O2/c1-5-7(4-8(16)17)6(2)15(11-5)9-10-12-13-14(9)3/h4H2,1-3H3,(H,16,17). The fourth-order valence-electron chi connectivity index (χ4n) is 1.68. The van der Waals surface area contributed by atoms with Crippen LogP contribution in [0, 0.1) is 13.8 Å². The Labute approximate surface area is 96.9 Å². The van der Waals surface area contributed by atoms with Gasteiger partial charge >= 0.3 is 5.97 Å². The molecule has 0 bridgehead atoms. The lowest BCUT2D eigenvalue weighted by molar-refractivity contribution is -0.136. The van der Waals surface area contributed by atoms with Gasteiger partial charge in [-0.2, -0.15) is 5.10 Å². The molecule has 0 aromatic carbocycles. The Bertz CT molecular complexity index is 570. The third kappa shape index (κ3) is 1.88. The van der Waals surface area contributed by atoms with E-state index in [-0.39, 0.29) is 6.42 Å². The summed E-state index contributed by atoms with van der Waals surface area (Å²) < 4.78 is 3.03. The molecular formula is C9H12N6O2. The van der Waals surface area contributed by atoms with E-state index in [9.17, 15) is 4.79 Å². The summed E-state index contributed by atoms with van der Waals surface area (Å²) in [6, 6.07) is 0. The minimum atomic E-state index is -0.883. The second kappa shape index (κ2) is 3.96. The zero-order valence-electron chi connectivity index (χ0n) is 9.75. The molecule has 2 heterocycles. The van der Waals surface area contributed by atoms with E-state index in [1.165, 1.54) is 4.68 Å². The molecule has 0 fully saturated rings. The molecule has 1 N–H and O–H groups in total. The molecule has 0 saturated heterocycles. The first kappa shape index (κ1) is 11.2. The van der Waals surface area contributed by atoms with Crippen molar-refractivity contribution in [1.82, 2.24) is 30.0 Å². The summed E-state index contributed by atoms with van der Waals surface area (Å²) in [7, 11) is 1.70. The summed E-state index contributed by atoms with van der Waals surface area (Å²) in [6.07, 6.45) is -0.0526. The summed E-state index contributed by atoms with van der Waals surface area (Å²) in [4.78, 5) is 10.8. The van der Waals surface area contributed by atoms with E-state index in [2.05, 4.69) is 20.6 Å². The first-order valence-electron chi connectivity index (χ1n) is 5.00. The molecule has 0 saturated carbocycles. The Kier molecular flexibility index (Phi) is 2.62. The van der Waals surface area contributed by atoms with Crippen molar-refractivity contribution in [2.45, 2.75) is 20.3 Å². The van der Waals surface area contributed by atoms with Crippen LogP contribution in [0.2, 0.25) is 0 Å². The third-order valence-corrected chi connectivity index (χ3v) is 2.56. The van der Waals surface area contributed by atoms with E-state index in [4.69, 9.17) is 5.11 Å². The van der Waals surface area contributed by atoms with Gasteiger partial charge < -0.3 is 5.11 Å². The summed E-state index contributed by atoms with van der Waals surface area (Å²) >= 11 is 0. The predicted molar refractivity (Wildman–Crippen MR) is 56.7 cm³/mol. The quantitative estimate of drug-likeness (QED) is 0.781. The molecule has 8 heteroatoms. The van der Waals surface area contributed by atoms with Crippen LogP contribution in [-0.4, -0.2) is 41.1 Å². The van der Waals surface area contributed by atoms with Crippen LogP contribution in [0.5, 0.6) is 0 Å². The highest BCUT2D eigenvalue weighted by Crippen LogP contribution is 2.16. The summed E-state index contributed by atoms with van der Waals surface area (Å²) in [5.41, 5.74) is 2.11. The van der Waals surface area contributed by atoms with Crippen LogP contribution in [0.15, 0.2) is 0 Å². The number of carbonyl (C=O) groups is 1. The van der Waals surface area contributed by atoms with Crippen LogP contribution in [0.4, 0.5) is 0 Å². The second-order valence-electron chi connectivity index (χ2n) is 3.73. The molecule has 2 rings (SSSR count). The highest BCUT2D eigenvalue weighted by molar-refractivity contribution is 5.71. The van der Waals surface area contributed by atoms with Gasteiger partial charge in [-0.25, -0.2) is 9.36 Å². The van der Waals surface area contributed by atoms with Crippen LogP contribution in [0.3, 0.4) is 0 Å². The van der Waals surface area contributed by atoms with Gasteiger partial charge in [0.15, 0.2) is 0 Å². The Hall–Kier alpha value is -2.25. The molecule has 0 unspecified atom stereocenters. The van der Waals surface area contributed by atoms with Crippen molar-refractivity contribution in [3.63, 3.8) is 0 Å². The zero-order valence-corrected chi connectivity index (χ0v) is 9.75. The molecule has 0 aliphatic carbocycles. The number of carboxylic acids is 1. The van der Waals surface area contributed by atoms with Gasteiger partial charge in [0, 0.05) is 18.3 Å². The average Bonchev–Trinajstić information content (AvgIpc) is 2.76. The molecule has 2 aromatic heterocycles. The van der Waals surface area contributed by atoms with Crippen LogP contribution in [0.25, 0.3) is 5.95 Å². The third-order valence-electron chi connectivity index (χ3n) is 2.56. The van der Waals surface area contributed by atoms with Crippen molar-refractivity contribution >= 4 is 5.97 Å². The van der Waals surface area contributed by atoms with Gasteiger partial charge in [0.1, 0.15) is 0 Å². The molecule has 8 nitrogen and oxygen atoms in total. The van der Waals surface area contributed by atoms with Crippen LogP contribution >= 0.6 is 0 Å². The Morgan fingerprint density at radius 1 is 1.41 bits per heavy atom. The number of aromatic nitrogens is 6. The number of aliphatic carboxylic acids is 1. The lowest BCUT2D eigenvalue weighted by Crippen LogP contribution is -2.08. The van der Waals surface area contributed by atoms with E-state index in [0.29, 0.717) is 17.2 Å². The average molecular weight is 236 g/mol. The van der Waals surface area contributed by atoms with Crippen molar-refractivity contribution in [1.29, 1.82) is 0 Å². The molecule has 0 aliphatic heterocycles. The molecule has 0 aliphatic rings. The van der Waals surface area contributed by atoms with E-state index >= 15 is 0 Å². The highest BCUT2D eigenvalue weighted by atomic mass is 16.4. The Morgan fingerprint density at radius 3 is 2.65 bits per heavy atom. The summed E-state index contributed by atoms with van der Waals surface area (Å²) in [5, 5.41) is 24.2. The number of nitrogens with zero attached hydrogens (tertiary/aromatic N) is 6. The fraction of sp³-hybridized carbons (Fsp3) is 0.444. The van der Waals surface area contributed by atoms with E-state index < -0.39 is 5.97 Å². The van der Waals surface area contributed by atoms with Crippen LogP contribution < -0.4 is 0 Å². The maximum absolute atomic E-state index is 10.8. The van der Waals surface area contributed by atoms with Crippen molar-refractivity contribution < 1.29 is 9.90 Å². The van der Waals surface area contributed by atoms with Gasteiger partial charge in [0.05, 0.1) is 12.1 Å². The second-order valence-corrected chi connectivity index (χ2v) is 3.73. The number of hydrogen-bond acceptors (Lipinski definition) is 5. The predicted octanol–water partition coefficient (Wildman–Crippen LogP) is -0.360. The number of aryl methyl sites for hydroxylation is 2. The van der Waals surface area contributed by atoms with Gasteiger partial charge in [-0.05, 0) is 24.3 Å². The van der Waals surface area contributed by atoms with Gasteiger partial charge in [-0.1, -0.05) is 5.10 Å². The van der Waals surface area contributed by atoms with Crippen molar-refractivity contribution in [3.05, 3.63) is 17.0 Å². The van der Waals surface area contributed by atoms with Gasteiger partial charge in [-0.3, -0.25) is 4.79 Å². The van der Waals surface area contributed by atoms with Crippen molar-refractivity contribution in [2.75, 3.05) is 0 Å². The minimum Gasteiger partial charge on any atom is -0.481 e. The van der Waals surface area contributed by atoms with Crippen LogP contribution in [0.1, 0.15) is 17.0 Å². The summed E-state index contributed by atoms with van der Waals surface area (Å²) in [5.74, 6) is -0.422. The smallest absolute Gasteiger partial charge is 0.307 e. The molecule has 17 heavy (non-hydrogen) atoms. The Morgan fingerprint density at radius 2 is 2.12 bits per heavy atom. The first-order chi connectivity index (χ1) is 8.00. The van der Waals surface area contributed by atoms with E-state index in [0.717, 1.165) is 5.69 Å². The van der Waals surface area contributed by atoms with Gasteiger partial charge in [0.25, 0.3) is 5.95 Å². The number of hydrogen-bond donors (Lipinski definition) is 1. The van der Waals surface area contributed by atoms with Crippen molar-refractivity contribution in [3.8, 4) is 5.95 Å². The molecule has 0 atom stereocenters. The molecular weight excluding hydrogens is 224 g/mol. The van der Waals surface area contributed by atoms with Crippen molar-refractivity contribution in [2.24, 2.45) is 7.05 Å². The largest absolute Gasteiger partial charge is 0.481 e. The molecule has 90 valence electrons. The van der Waals surface area contributed by atoms with Crippen LogP contribution in [-0.2, 0) is 18.3 Å². The normalized spacial score (nSPS) is 10.8. The zero-order chi connectivity index (χ0) is 12.6. The van der Waals surface area contributed by atoms with E-state index in [1.54, 1.807) is 25.6 Å². The van der Waals surface area contributed by atoms with Gasteiger partial charge in [-0.15, -0.1) is 0 Å². The lowest BCUT2D eigenvalue weighted by Gasteiger charge is -2.01. The maximum Gasteiger partial charge on any atom is 0.307 e. The lowest BCUT2D eigenvalue weighted by atomic mass is 10.1. The Balaban J connectivity index is 2.51. The maximum atomic E-state index is 10.8. The SMILES string of the molecule is Cc1nn(-c2nnnn2C)c(C)c1CC(=O)O.